The molecule has 7 heteroatoms. The van der Waals surface area contributed by atoms with E-state index in [4.69, 9.17) is 0 Å². The van der Waals surface area contributed by atoms with E-state index in [-0.39, 0.29) is 0 Å². The van der Waals surface area contributed by atoms with Crippen molar-refractivity contribution in [3.63, 3.8) is 0 Å². The van der Waals surface area contributed by atoms with Crippen LogP contribution < -0.4 is 21.3 Å². The summed E-state index contributed by atoms with van der Waals surface area (Å²) in [6, 6.07) is 1.17. The van der Waals surface area contributed by atoms with E-state index in [1.54, 1.807) is 0 Å². The summed E-state index contributed by atoms with van der Waals surface area (Å²) in [5.41, 5.74) is 0. The smallest absolute Gasteiger partial charge is 0.0281 e. The maximum atomic E-state index is 4.41. The molecular weight excluding hydrogens is 296 g/mol. The third kappa shape index (κ3) is 10.3. The fraction of sp³-hybridized carbons (Fsp3) is 1.00. The van der Waals surface area contributed by atoms with Gasteiger partial charge in [-0.25, -0.2) is 0 Å². The van der Waals surface area contributed by atoms with Crippen LogP contribution in [-0.2, 0) is 0 Å². The van der Waals surface area contributed by atoms with Crippen LogP contribution in [0, 0.1) is 0 Å². The van der Waals surface area contributed by atoms with Crippen molar-refractivity contribution in [3.8, 4) is 0 Å². The normalized spacial score (nSPS) is 16.3. The molecule has 4 N–H and O–H groups in total. The molecule has 0 aliphatic heterocycles. The van der Waals surface area contributed by atoms with E-state index in [9.17, 15) is 0 Å². The van der Waals surface area contributed by atoms with Gasteiger partial charge in [0.05, 0.1) is 0 Å². The van der Waals surface area contributed by atoms with E-state index >= 15 is 0 Å². The maximum Gasteiger partial charge on any atom is 0.0281 e. The molecule has 0 rings (SSSR count). The molecule has 0 bridgehead atoms. The molecule has 0 radical (unpaired) electrons. The summed E-state index contributed by atoms with van der Waals surface area (Å²) in [6.07, 6.45) is 0. The topological polar surface area (TPSA) is 48.1 Å². The van der Waals surface area contributed by atoms with Crippen LogP contribution in [0.2, 0.25) is 0 Å². The fourth-order valence-corrected chi connectivity index (χ4v) is 2.53. The number of rotatable bonds is 13. The van der Waals surface area contributed by atoms with E-state index < -0.39 is 0 Å². The number of likely N-dealkylation sites (N-methyl/N-ethyl adjacent to an activating group) is 2. The van der Waals surface area contributed by atoms with Gasteiger partial charge in [-0.15, -0.1) is 0 Å². The van der Waals surface area contributed by atoms with E-state index in [2.05, 4.69) is 66.1 Å². The zero-order valence-electron chi connectivity index (χ0n) is 12.0. The summed E-state index contributed by atoms with van der Waals surface area (Å²) < 4.78 is 0. The Labute approximate surface area is 134 Å². The highest BCUT2D eigenvalue weighted by atomic mass is 32.1. The monoisotopic (exact) mass is 326 g/mol. The minimum Gasteiger partial charge on any atom is -0.318 e. The van der Waals surface area contributed by atoms with Gasteiger partial charge in [-0.3, -0.25) is 0 Å². The zero-order chi connectivity index (χ0) is 14.5. The lowest BCUT2D eigenvalue weighted by molar-refractivity contribution is 0.434. The summed E-state index contributed by atoms with van der Waals surface area (Å²) >= 11 is 13.1. The molecule has 0 amide bonds. The molecule has 0 spiro atoms. The lowest BCUT2D eigenvalue weighted by Crippen LogP contribution is -2.50. The molecule has 0 unspecified atom stereocenters. The van der Waals surface area contributed by atoms with Crippen LogP contribution in [0.3, 0.4) is 0 Å². The molecule has 0 aromatic carbocycles. The van der Waals surface area contributed by atoms with Crippen LogP contribution in [0.25, 0.3) is 0 Å². The Morgan fingerprint density at radius 3 is 1.53 bits per heavy atom. The van der Waals surface area contributed by atoms with E-state index in [1.807, 2.05) is 7.05 Å². The van der Waals surface area contributed by atoms with Crippen molar-refractivity contribution in [2.75, 3.05) is 50.5 Å². The minimum absolute atomic E-state index is 0.364. The molecule has 0 aromatic heterocycles. The molecule has 0 saturated heterocycles. The van der Waals surface area contributed by atoms with Crippen molar-refractivity contribution in [2.45, 2.75) is 25.0 Å². The molecule has 19 heavy (non-hydrogen) atoms. The molecule has 116 valence electrons. The minimum atomic E-state index is 0.364. The highest BCUT2D eigenvalue weighted by molar-refractivity contribution is 7.80. The summed E-state index contributed by atoms with van der Waals surface area (Å²) in [4.78, 5) is 0. The molecule has 3 atom stereocenters. The van der Waals surface area contributed by atoms with Crippen molar-refractivity contribution in [1.29, 1.82) is 0 Å². The van der Waals surface area contributed by atoms with Gasteiger partial charge >= 0.3 is 0 Å². The van der Waals surface area contributed by atoms with Gasteiger partial charge in [0.2, 0.25) is 0 Å². The van der Waals surface area contributed by atoms with Gasteiger partial charge in [0.25, 0.3) is 0 Å². The third-order valence-electron chi connectivity index (χ3n) is 2.91. The standard InChI is InChI=1S/C12H30N4S3/c1-3-14-11(8-18)5-16-12(9-19)6-15-10(7-17)4-13-2/h10-19H,3-9H2,1-2H3/t10-,11-,12-/m0/s1. The Bertz CT molecular complexity index is 180. The third-order valence-corrected chi connectivity index (χ3v) is 4.23. The van der Waals surface area contributed by atoms with Gasteiger partial charge in [-0.2, -0.15) is 37.9 Å². The highest BCUT2D eigenvalue weighted by Crippen LogP contribution is 1.93. The Hall–Kier alpha value is 0.890. The van der Waals surface area contributed by atoms with Crippen molar-refractivity contribution < 1.29 is 0 Å². The van der Waals surface area contributed by atoms with Gasteiger partial charge in [0.15, 0.2) is 0 Å². The van der Waals surface area contributed by atoms with Crippen LogP contribution in [-0.4, -0.2) is 68.6 Å². The predicted molar refractivity (Wildman–Crippen MR) is 96.5 cm³/mol. The summed E-state index contributed by atoms with van der Waals surface area (Å²) in [5.74, 6) is 2.49. The first-order valence-electron chi connectivity index (χ1n) is 6.89. The number of hydrogen-bond donors (Lipinski definition) is 7. The van der Waals surface area contributed by atoms with Crippen LogP contribution in [0.5, 0.6) is 0 Å². The highest BCUT2D eigenvalue weighted by Gasteiger charge is 2.12. The van der Waals surface area contributed by atoms with E-state index in [0.717, 1.165) is 43.4 Å². The van der Waals surface area contributed by atoms with Crippen molar-refractivity contribution in [1.82, 2.24) is 21.3 Å². The number of thiol groups is 3. The largest absolute Gasteiger partial charge is 0.318 e. The van der Waals surface area contributed by atoms with Gasteiger partial charge in [-0.1, -0.05) is 6.92 Å². The maximum absolute atomic E-state index is 4.41. The first-order valence-corrected chi connectivity index (χ1v) is 8.78. The predicted octanol–water partition coefficient (Wildman–Crippen LogP) is -0.110. The summed E-state index contributed by atoms with van der Waals surface area (Å²) in [7, 11) is 1.96. The van der Waals surface area contributed by atoms with Gasteiger partial charge in [0.1, 0.15) is 0 Å². The first-order chi connectivity index (χ1) is 9.21. The second-order valence-electron chi connectivity index (χ2n) is 4.57. The Kier molecular flexibility index (Phi) is 14.5. The Balaban J connectivity index is 3.92. The zero-order valence-corrected chi connectivity index (χ0v) is 14.7. The lowest BCUT2D eigenvalue weighted by atomic mass is 10.2. The van der Waals surface area contributed by atoms with Crippen LogP contribution in [0.4, 0.5) is 0 Å². The first kappa shape index (κ1) is 19.9. The van der Waals surface area contributed by atoms with Crippen molar-refractivity contribution >= 4 is 37.9 Å². The SMILES string of the molecule is CCN[C@H](CS)CN[C@H](CS)CN[C@H](CS)CNC. The van der Waals surface area contributed by atoms with Crippen molar-refractivity contribution in [2.24, 2.45) is 0 Å². The lowest BCUT2D eigenvalue weighted by Gasteiger charge is -2.24. The molecule has 0 saturated carbocycles. The fourth-order valence-electron chi connectivity index (χ4n) is 1.76. The van der Waals surface area contributed by atoms with Gasteiger partial charge in [0, 0.05) is 55.0 Å². The molecule has 0 fully saturated rings. The molecule has 0 heterocycles. The number of nitrogens with one attached hydrogen (secondary N) is 4. The summed E-state index contributed by atoms with van der Waals surface area (Å²) in [5, 5.41) is 13.6. The van der Waals surface area contributed by atoms with Crippen LogP contribution in [0.15, 0.2) is 0 Å². The Morgan fingerprint density at radius 2 is 1.16 bits per heavy atom. The molecule has 4 nitrogen and oxygen atoms in total. The average Bonchev–Trinajstić information content (AvgIpc) is 2.44. The van der Waals surface area contributed by atoms with E-state index in [0.29, 0.717) is 18.1 Å². The van der Waals surface area contributed by atoms with Gasteiger partial charge < -0.3 is 21.3 Å². The van der Waals surface area contributed by atoms with Gasteiger partial charge in [-0.05, 0) is 13.6 Å². The average molecular weight is 327 g/mol. The van der Waals surface area contributed by atoms with Crippen molar-refractivity contribution in [3.05, 3.63) is 0 Å². The molecule has 0 aliphatic rings. The molecule has 0 aromatic rings. The molecular formula is C12H30N4S3. The number of hydrogen-bond acceptors (Lipinski definition) is 7. The van der Waals surface area contributed by atoms with Crippen LogP contribution >= 0.6 is 37.9 Å². The second-order valence-corrected chi connectivity index (χ2v) is 5.67. The summed E-state index contributed by atoms with van der Waals surface area (Å²) in [6.45, 7) is 5.84. The molecule has 0 aliphatic carbocycles. The quantitative estimate of drug-likeness (QED) is 0.242. The van der Waals surface area contributed by atoms with E-state index in [1.165, 1.54) is 0 Å². The Morgan fingerprint density at radius 1 is 0.737 bits per heavy atom. The second kappa shape index (κ2) is 13.9. The van der Waals surface area contributed by atoms with Crippen LogP contribution in [0.1, 0.15) is 6.92 Å².